The van der Waals surface area contributed by atoms with E-state index in [0.29, 0.717) is 0 Å². The SMILES string of the molecule is C[C@H](N)c1cccc(-c2ccc(F)nc2)c1. The predicted octanol–water partition coefficient (Wildman–Crippen LogP) is 2.91. The van der Waals surface area contributed by atoms with Gasteiger partial charge in [-0.15, -0.1) is 0 Å². The van der Waals surface area contributed by atoms with Crippen LogP contribution in [0.5, 0.6) is 0 Å². The van der Waals surface area contributed by atoms with Crippen molar-refractivity contribution in [1.29, 1.82) is 0 Å². The summed E-state index contributed by atoms with van der Waals surface area (Å²) < 4.78 is 12.7. The fourth-order valence-electron chi connectivity index (χ4n) is 1.55. The Morgan fingerprint density at radius 2 is 2.00 bits per heavy atom. The van der Waals surface area contributed by atoms with Crippen LogP contribution in [-0.2, 0) is 0 Å². The molecule has 0 radical (unpaired) electrons. The van der Waals surface area contributed by atoms with E-state index in [1.54, 1.807) is 6.07 Å². The van der Waals surface area contributed by atoms with E-state index in [9.17, 15) is 4.39 Å². The van der Waals surface area contributed by atoms with Crippen molar-refractivity contribution in [2.75, 3.05) is 0 Å². The van der Waals surface area contributed by atoms with Crippen molar-refractivity contribution < 1.29 is 4.39 Å². The average Bonchev–Trinajstić information content (AvgIpc) is 2.30. The summed E-state index contributed by atoms with van der Waals surface area (Å²) in [5.41, 5.74) is 8.76. The average molecular weight is 216 g/mol. The van der Waals surface area contributed by atoms with E-state index < -0.39 is 5.95 Å². The zero-order chi connectivity index (χ0) is 11.5. The van der Waals surface area contributed by atoms with Gasteiger partial charge in [0.1, 0.15) is 0 Å². The van der Waals surface area contributed by atoms with E-state index >= 15 is 0 Å². The van der Waals surface area contributed by atoms with Crippen molar-refractivity contribution in [1.82, 2.24) is 4.98 Å². The summed E-state index contributed by atoms with van der Waals surface area (Å²) in [6.07, 6.45) is 1.52. The van der Waals surface area contributed by atoms with E-state index in [2.05, 4.69) is 4.98 Å². The molecule has 2 rings (SSSR count). The number of hydrogen-bond acceptors (Lipinski definition) is 2. The molecule has 82 valence electrons. The molecular weight excluding hydrogens is 203 g/mol. The van der Waals surface area contributed by atoms with Crippen LogP contribution in [0.4, 0.5) is 4.39 Å². The molecule has 0 aliphatic rings. The highest BCUT2D eigenvalue weighted by molar-refractivity contribution is 5.63. The van der Waals surface area contributed by atoms with Crippen molar-refractivity contribution in [3.05, 3.63) is 54.1 Å². The van der Waals surface area contributed by atoms with Gasteiger partial charge in [0.05, 0.1) is 0 Å². The smallest absolute Gasteiger partial charge is 0.212 e. The van der Waals surface area contributed by atoms with Gasteiger partial charge in [0.15, 0.2) is 0 Å². The van der Waals surface area contributed by atoms with Gasteiger partial charge in [-0.2, -0.15) is 4.39 Å². The Morgan fingerprint density at radius 1 is 1.19 bits per heavy atom. The summed E-state index contributed by atoms with van der Waals surface area (Å²) in [4.78, 5) is 3.63. The molecule has 0 aliphatic heterocycles. The molecule has 2 nitrogen and oxygen atoms in total. The second kappa shape index (κ2) is 4.41. The van der Waals surface area contributed by atoms with Gasteiger partial charge < -0.3 is 5.73 Å². The Morgan fingerprint density at radius 3 is 2.62 bits per heavy atom. The number of pyridine rings is 1. The van der Waals surface area contributed by atoms with E-state index in [1.165, 1.54) is 12.3 Å². The maximum atomic E-state index is 12.7. The van der Waals surface area contributed by atoms with Gasteiger partial charge in [0, 0.05) is 17.8 Å². The van der Waals surface area contributed by atoms with Crippen molar-refractivity contribution in [2.24, 2.45) is 5.73 Å². The number of benzene rings is 1. The highest BCUT2D eigenvalue weighted by atomic mass is 19.1. The summed E-state index contributed by atoms with van der Waals surface area (Å²) in [6, 6.07) is 10.9. The van der Waals surface area contributed by atoms with Gasteiger partial charge in [-0.3, -0.25) is 0 Å². The summed E-state index contributed by atoms with van der Waals surface area (Å²) in [6.45, 7) is 1.93. The maximum Gasteiger partial charge on any atom is 0.212 e. The minimum Gasteiger partial charge on any atom is -0.324 e. The van der Waals surface area contributed by atoms with Crippen LogP contribution in [-0.4, -0.2) is 4.98 Å². The van der Waals surface area contributed by atoms with Gasteiger partial charge in [-0.05, 0) is 36.2 Å². The third-order valence-electron chi connectivity index (χ3n) is 2.47. The molecule has 0 aliphatic carbocycles. The molecule has 16 heavy (non-hydrogen) atoms. The molecule has 1 aromatic heterocycles. The highest BCUT2D eigenvalue weighted by Crippen LogP contribution is 2.21. The molecule has 2 aromatic rings. The molecule has 2 N–H and O–H groups in total. The minimum absolute atomic E-state index is 0.00615. The Balaban J connectivity index is 2.40. The Labute approximate surface area is 93.9 Å². The Hall–Kier alpha value is -1.74. The van der Waals surface area contributed by atoms with Gasteiger partial charge in [-0.25, -0.2) is 4.98 Å². The lowest BCUT2D eigenvalue weighted by Crippen LogP contribution is -2.04. The molecule has 0 bridgehead atoms. The lowest BCUT2D eigenvalue weighted by molar-refractivity contribution is 0.584. The minimum atomic E-state index is -0.466. The number of rotatable bonds is 2. The summed E-state index contributed by atoms with van der Waals surface area (Å²) >= 11 is 0. The fraction of sp³-hybridized carbons (Fsp3) is 0.154. The highest BCUT2D eigenvalue weighted by Gasteiger charge is 2.03. The topological polar surface area (TPSA) is 38.9 Å². The molecule has 0 spiro atoms. The van der Waals surface area contributed by atoms with E-state index in [4.69, 9.17) is 5.73 Å². The summed E-state index contributed by atoms with van der Waals surface area (Å²) in [5, 5.41) is 0. The second-order valence-corrected chi connectivity index (χ2v) is 3.78. The normalized spacial score (nSPS) is 12.4. The molecule has 3 heteroatoms. The van der Waals surface area contributed by atoms with Crippen LogP contribution in [0, 0.1) is 5.95 Å². The van der Waals surface area contributed by atoms with Crippen LogP contribution in [0.2, 0.25) is 0 Å². The van der Waals surface area contributed by atoms with Crippen molar-refractivity contribution in [2.45, 2.75) is 13.0 Å². The zero-order valence-corrected chi connectivity index (χ0v) is 9.02. The van der Waals surface area contributed by atoms with Crippen molar-refractivity contribution in [3.63, 3.8) is 0 Å². The Kier molecular flexibility index (Phi) is 2.97. The number of hydrogen-bond donors (Lipinski definition) is 1. The first kappa shape index (κ1) is 10.8. The quantitative estimate of drug-likeness (QED) is 0.784. The molecule has 0 amide bonds. The first-order chi connectivity index (χ1) is 7.66. The predicted molar refractivity (Wildman–Crippen MR) is 62.2 cm³/mol. The second-order valence-electron chi connectivity index (χ2n) is 3.78. The van der Waals surface area contributed by atoms with Crippen LogP contribution < -0.4 is 5.73 Å². The van der Waals surface area contributed by atoms with Crippen LogP contribution in [0.15, 0.2) is 42.6 Å². The van der Waals surface area contributed by atoms with E-state index in [-0.39, 0.29) is 6.04 Å². The number of nitrogens with zero attached hydrogens (tertiary/aromatic N) is 1. The van der Waals surface area contributed by atoms with Gasteiger partial charge in [0.2, 0.25) is 5.95 Å². The molecule has 0 unspecified atom stereocenters. The molecule has 0 fully saturated rings. The van der Waals surface area contributed by atoms with Gasteiger partial charge in [-0.1, -0.05) is 18.2 Å². The fourth-order valence-corrected chi connectivity index (χ4v) is 1.55. The number of aromatic nitrogens is 1. The van der Waals surface area contributed by atoms with Gasteiger partial charge >= 0.3 is 0 Å². The largest absolute Gasteiger partial charge is 0.324 e. The molecule has 1 heterocycles. The lowest BCUT2D eigenvalue weighted by Gasteiger charge is -2.08. The molecule has 0 saturated heterocycles. The number of halogens is 1. The molecule has 0 saturated carbocycles. The van der Waals surface area contributed by atoms with E-state index in [1.807, 2.05) is 31.2 Å². The molecular formula is C13H13FN2. The summed E-state index contributed by atoms with van der Waals surface area (Å²) in [7, 11) is 0. The zero-order valence-electron chi connectivity index (χ0n) is 9.02. The van der Waals surface area contributed by atoms with Crippen LogP contribution >= 0.6 is 0 Å². The van der Waals surface area contributed by atoms with Crippen LogP contribution in [0.3, 0.4) is 0 Å². The van der Waals surface area contributed by atoms with Gasteiger partial charge in [0.25, 0.3) is 0 Å². The standard InChI is InChI=1S/C13H13FN2/c1-9(15)10-3-2-4-11(7-10)12-5-6-13(14)16-8-12/h2-9H,15H2,1H3/t9-/m0/s1. The monoisotopic (exact) mass is 216 g/mol. The molecule has 1 atom stereocenters. The lowest BCUT2D eigenvalue weighted by atomic mass is 10.0. The summed E-state index contributed by atoms with van der Waals surface area (Å²) in [5.74, 6) is -0.466. The first-order valence-electron chi connectivity index (χ1n) is 5.14. The van der Waals surface area contributed by atoms with E-state index in [0.717, 1.165) is 16.7 Å². The number of nitrogens with two attached hydrogens (primary N) is 1. The van der Waals surface area contributed by atoms with Crippen molar-refractivity contribution in [3.8, 4) is 11.1 Å². The van der Waals surface area contributed by atoms with Crippen molar-refractivity contribution >= 4 is 0 Å². The van der Waals surface area contributed by atoms with Crippen LogP contribution in [0.25, 0.3) is 11.1 Å². The van der Waals surface area contributed by atoms with Crippen LogP contribution in [0.1, 0.15) is 18.5 Å². The molecule has 1 aromatic carbocycles. The third-order valence-corrected chi connectivity index (χ3v) is 2.47. The first-order valence-corrected chi connectivity index (χ1v) is 5.14. The third kappa shape index (κ3) is 2.25. The Bertz CT molecular complexity index is 478. The maximum absolute atomic E-state index is 12.7.